The van der Waals surface area contributed by atoms with Gasteiger partial charge in [-0.1, -0.05) is 0 Å². The first-order chi connectivity index (χ1) is 6.06. The first-order valence-corrected chi connectivity index (χ1v) is 3.70. The quantitative estimate of drug-likeness (QED) is 0.411. The summed E-state index contributed by atoms with van der Waals surface area (Å²) >= 11 is 0. The molecule has 0 spiro atoms. The summed E-state index contributed by atoms with van der Waals surface area (Å²) in [4.78, 5) is 10.3. The Kier molecular flexibility index (Phi) is 3.02. The predicted molar refractivity (Wildman–Crippen MR) is 39.4 cm³/mol. The molecule has 0 radical (unpaired) electrons. The van der Waals surface area contributed by atoms with Gasteiger partial charge in [-0.25, -0.2) is 9.18 Å². The van der Waals surface area contributed by atoms with Crippen LogP contribution >= 0.6 is 0 Å². The third-order valence-corrected chi connectivity index (χ3v) is 1.78. The molecule has 2 amide bonds. The highest BCUT2D eigenvalue weighted by Gasteiger charge is 2.44. The maximum atomic E-state index is 13.0. The van der Waals surface area contributed by atoms with Crippen LogP contribution in [0.25, 0.3) is 0 Å². The van der Waals surface area contributed by atoms with E-state index in [0.29, 0.717) is 0 Å². The summed E-state index contributed by atoms with van der Waals surface area (Å²) in [6.07, 6.45) is -5.53. The molecule has 5 N–H and O–H groups in total. The lowest BCUT2D eigenvalue weighted by Gasteiger charge is -2.12. The summed E-state index contributed by atoms with van der Waals surface area (Å²) in [7, 11) is 0. The van der Waals surface area contributed by atoms with Gasteiger partial charge in [-0.3, -0.25) is 0 Å². The van der Waals surface area contributed by atoms with Crippen LogP contribution in [0.5, 0.6) is 0 Å². The highest BCUT2D eigenvalue weighted by molar-refractivity contribution is 5.71. The number of alkyl halides is 1. The minimum Gasteiger partial charge on any atom is -0.394 e. The van der Waals surface area contributed by atoms with E-state index in [4.69, 9.17) is 20.7 Å². The zero-order chi connectivity index (χ0) is 10.0. The van der Waals surface area contributed by atoms with Crippen LogP contribution in [0.3, 0.4) is 0 Å². The number of urea groups is 1. The number of primary amides is 1. The number of rotatable bonds is 2. The van der Waals surface area contributed by atoms with Crippen molar-refractivity contribution in [1.82, 2.24) is 5.32 Å². The lowest BCUT2D eigenvalue weighted by molar-refractivity contribution is -0.0273. The summed E-state index contributed by atoms with van der Waals surface area (Å²) in [5.41, 5.74) is 4.73. The van der Waals surface area contributed by atoms with Crippen LogP contribution in [0.15, 0.2) is 0 Å². The Morgan fingerprint density at radius 3 is 2.69 bits per heavy atom. The Morgan fingerprint density at radius 2 is 2.31 bits per heavy atom. The maximum Gasteiger partial charge on any atom is 0.314 e. The van der Waals surface area contributed by atoms with Crippen molar-refractivity contribution >= 4 is 6.03 Å². The number of carbonyl (C=O) groups is 1. The zero-order valence-electron chi connectivity index (χ0n) is 6.68. The van der Waals surface area contributed by atoms with E-state index in [1.165, 1.54) is 0 Å². The molecule has 0 aromatic heterocycles. The fraction of sp³-hybridized carbons (Fsp3) is 0.833. The topological polar surface area (TPSA) is 105 Å². The second kappa shape index (κ2) is 3.86. The third-order valence-electron chi connectivity index (χ3n) is 1.78. The lowest BCUT2D eigenvalue weighted by atomic mass is 10.1. The molecular formula is C6H11FN2O4. The molecule has 1 fully saturated rings. The minimum absolute atomic E-state index is 0.515. The van der Waals surface area contributed by atoms with Crippen molar-refractivity contribution in [3.63, 3.8) is 0 Å². The molecule has 6 nitrogen and oxygen atoms in total. The molecule has 1 saturated heterocycles. The largest absolute Gasteiger partial charge is 0.394 e. The molecule has 0 bridgehead atoms. The molecule has 0 saturated carbocycles. The fourth-order valence-corrected chi connectivity index (χ4v) is 1.13. The Balaban J connectivity index is 2.55. The van der Waals surface area contributed by atoms with Crippen LogP contribution in [-0.2, 0) is 4.74 Å². The molecule has 1 aliphatic rings. The van der Waals surface area contributed by atoms with Crippen LogP contribution < -0.4 is 11.1 Å². The SMILES string of the molecule is NC(=O)N[C@@H]1O[C@H](CO)C(O)C1F. The number of nitrogens with one attached hydrogen (secondary N) is 1. The maximum absolute atomic E-state index is 13.0. The number of hydrogen-bond acceptors (Lipinski definition) is 4. The van der Waals surface area contributed by atoms with Crippen molar-refractivity contribution in [2.24, 2.45) is 5.73 Å². The average Bonchev–Trinajstić information content (AvgIpc) is 2.32. The van der Waals surface area contributed by atoms with Gasteiger partial charge in [0.2, 0.25) is 0 Å². The van der Waals surface area contributed by atoms with Gasteiger partial charge in [0.25, 0.3) is 0 Å². The number of aliphatic hydroxyl groups is 2. The van der Waals surface area contributed by atoms with E-state index in [0.717, 1.165) is 0 Å². The number of aliphatic hydroxyl groups excluding tert-OH is 2. The zero-order valence-corrected chi connectivity index (χ0v) is 6.68. The fourth-order valence-electron chi connectivity index (χ4n) is 1.13. The van der Waals surface area contributed by atoms with E-state index in [-0.39, 0.29) is 0 Å². The Hall–Kier alpha value is -0.920. The molecule has 0 aromatic carbocycles. The van der Waals surface area contributed by atoms with Gasteiger partial charge < -0.3 is 26.0 Å². The van der Waals surface area contributed by atoms with E-state index >= 15 is 0 Å². The minimum atomic E-state index is -1.77. The number of hydrogen-bond donors (Lipinski definition) is 4. The second-order valence-corrected chi connectivity index (χ2v) is 2.72. The van der Waals surface area contributed by atoms with Crippen LogP contribution in [0.2, 0.25) is 0 Å². The van der Waals surface area contributed by atoms with Crippen LogP contribution in [0.1, 0.15) is 0 Å². The van der Waals surface area contributed by atoms with E-state index in [1.807, 2.05) is 5.32 Å². The van der Waals surface area contributed by atoms with Crippen molar-refractivity contribution in [3.05, 3.63) is 0 Å². The molecule has 0 aromatic rings. The molecule has 13 heavy (non-hydrogen) atoms. The van der Waals surface area contributed by atoms with Gasteiger partial charge in [0.05, 0.1) is 6.61 Å². The molecule has 0 aliphatic carbocycles. The monoisotopic (exact) mass is 194 g/mol. The number of halogens is 1. The number of nitrogens with two attached hydrogens (primary N) is 1. The highest BCUT2D eigenvalue weighted by atomic mass is 19.1. The molecule has 1 aliphatic heterocycles. The smallest absolute Gasteiger partial charge is 0.314 e. The highest BCUT2D eigenvalue weighted by Crippen LogP contribution is 2.21. The van der Waals surface area contributed by atoms with Crippen molar-refractivity contribution < 1.29 is 24.1 Å². The van der Waals surface area contributed by atoms with Gasteiger partial charge in [0, 0.05) is 0 Å². The van der Waals surface area contributed by atoms with Gasteiger partial charge in [0.1, 0.15) is 12.2 Å². The van der Waals surface area contributed by atoms with Gasteiger partial charge in [-0.15, -0.1) is 0 Å². The van der Waals surface area contributed by atoms with Crippen LogP contribution in [0, 0.1) is 0 Å². The standard InChI is InChI=1S/C6H11FN2O4/c7-3-4(11)2(1-10)13-5(3)9-6(8)12/h2-5,10-11H,1H2,(H3,8,9,12)/t2-,3?,4?,5-/m1/s1. The van der Waals surface area contributed by atoms with Gasteiger partial charge in [-0.2, -0.15) is 0 Å². The lowest BCUT2D eigenvalue weighted by Crippen LogP contribution is -2.44. The van der Waals surface area contributed by atoms with Gasteiger partial charge in [0.15, 0.2) is 12.4 Å². The summed E-state index contributed by atoms with van der Waals surface area (Å²) in [6.45, 7) is -0.515. The summed E-state index contributed by atoms with van der Waals surface area (Å²) in [5.74, 6) is 0. The van der Waals surface area contributed by atoms with Crippen molar-refractivity contribution in [2.75, 3.05) is 6.61 Å². The summed E-state index contributed by atoms with van der Waals surface area (Å²) in [6, 6.07) is -0.946. The predicted octanol–water partition coefficient (Wildman–Crippen LogP) is -1.93. The molecule has 4 atom stereocenters. The molecule has 1 rings (SSSR count). The molecular weight excluding hydrogens is 183 g/mol. The van der Waals surface area contributed by atoms with Crippen molar-refractivity contribution in [3.8, 4) is 0 Å². The molecule has 1 heterocycles. The number of amides is 2. The Morgan fingerprint density at radius 1 is 1.69 bits per heavy atom. The van der Waals surface area contributed by atoms with Crippen molar-refractivity contribution in [2.45, 2.75) is 24.6 Å². The second-order valence-electron chi connectivity index (χ2n) is 2.72. The average molecular weight is 194 g/mol. The van der Waals surface area contributed by atoms with Gasteiger partial charge in [-0.05, 0) is 0 Å². The van der Waals surface area contributed by atoms with E-state index in [2.05, 4.69) is 0 Å². The first kappa shape index (κ1) is 10.2. The van der Waals surface area contributed by atoms with E-state index < -0.39 is 37.2 Å². The van der Waals surface area contributed by atoms with Crippen molar-refractivity contribution in [1.29, 1.82) is 0 Å². The number of ether oxygens (including phenoxy) is 1. The first-order valence-electron chi connectivity index (χ1n) is 3.70. The van der Waals surface area contributed by atoms with E-state index in [1.54, 1.807) is 0 Å². The Bertz CT molecular complexity index is 203. The molecule has 76 valence electrons. The van der Waals surface area contributed by atoms with Gasteiger partial charge >= 0.3 is 6.03 Å². The Labute approximate surface area is 73.5 Å². The molecule has 2 unspecified atom stereocenters. The van der Waals surface area contributed by atoms with Crippen LogP contribution in [0.4, 0.5) is 9.18 Å². The number of carbonyl (C=O) groups excluding carboxylic acids is 1. The normalized spacial score (nSPS) is 39.0. The molecule has 7 heteroatoms. The van der Waals surface area contributed by atoms with Crippen LogP contribution in [-0.4, -0.2) is 47.5 Å². The summed E-state index contributed by atoms with van der Waals surface area (Å²) < 4.78 is 17.8. The third kappa shape index (κ3) is 2.06. The van der Waals surface area contributed by atoms with E-state index in [9.17, 15) is 9.18 Å². The summed E-state index contributed by atoms with van der Waals surface area (Å²) in [5, 5.41) is 19.7.